The topological polar surface area (TPSA) is 49.8 Å². The van der Waals surface area contributed by atoms with E-state index in [4.69, 9.17) is 16.3 Å². The summed E-state index contributed by atoms with van der Waals surface area (Å²) in [6.45, 7) is 3.48. The molecule has 0 amide bonds. The van der Waals surface area contributed by atoms with Crippen molar-refractivity contribution in [2.75, 3.05) is 33.9 Å². The van der Waals surface area contributed by atoms with Crippen LogP contribution in [0.3, 0.4) is 0 Å². The fourth-order valence-corrected chi connectivity index (χ4v) is 4.13. The zero-order valence-corrected chi connectivity index (χ0v) is 19.1. The number of hydrogen-bond donors (Lipinski definition) is 1. The van der Waals surface area contributed by atoms with Gasteiger partial charge in [0.05, 0.1) is 16.8 Å². The predicted molar refractivity (Wildman–Crippen MR) is 121 cm³/mol. The molecule has 0 bridgehead atoms. The molecule has 1 aromatic carbocycles. The van der Waals surface area contributed by atoms with Crippen LogP contribution in [0.4, 0.5) is 0 Å². The van der Waals surface area contributed by atoms with E-state index in [0.29, 0.717) is 6.54 Å². The largest absolute Gasteiger partial charge is 0.381 e. The van der Waals surface area contributed by atoms with Crippen LogP contribution in [0.2, 0.25) is 5.02 Å². The molecular formula is C18H26ClIN4OS. The lowest BCUT2D eigenvalue weighted by molar-refractivity contribution is 0.0625. The van der Waals surface area contributed by atoms with Crippen LogP contribution < -0.4 is 5.32 Å². The number of aliphatic imine (C=N–C) groups is 1. The minimum absolute atomic E-state index is 0. The van der Waals surface area contributed by atoms with Gasteiger partial charge < -0.3 is 15.0 Å². The highest BCUT2D eigenvalue weighted by Gasteiger charge is 2.15. The Morgan fingerprint density at radius 1 is 1.42 bits per heavy atom. The van der Waals surface area contributed by atoms with Gasteiger partial charge in [0, 0.05) is 38.9 Å². The van der Waals surface area contributed by atoms with E-state index in [-0.39, 0.29) is 24.0 Å². The van der Waals surface area contributed by atoms with E-state index in [1.54, 1.807) is 11.3 Å². The Hall–Kier alpha value is -0.640. The van der Waals surface area contributed by atoms with Crippen molar-refractivity contribution in [2.45, 2.75) is 25.8 Å². The van der Waals surface area contributed by atoms with E-state index in [1.807, 2.05) is 25.2 Å². The van der Waals surface area contributed by atoms with Gasteiger partial charge in [-0.3, -0.25) is 4.99 Å². The van der Waals surface area contributed by atoms with Crippen LogP contribution >= 0.6 is 46.9 Å². The molecular weight excluding hydrogens is 483 g/mol. The smallest absolute Gasteiger partial charge is 0.193 e. The second kappa shape index (κ2) is 10.6. The summed E-state index contributed by atoms with van der Waals surface area (Å²) in [5, 5.41) is 5.18. The van der Waals surface area contributed by atoms with E-state index in [2.05, 4.69) is 27.2 Å². The summed E-state index contributed by atoms with van der Waals surface area (Å²) in [5.74, 6) is 1.67. The summed E-state index contributed by atoms with van der Waals surface area (Å²) < 4.78 is 6.59. The molecule has 5 nitrogen and oxygen atoms in total. The molecule has 1 N–H and O–H groups in total. The Balaban J connectivity index is 0.00000243. The van der Waals surface area contributed by atoms with Gasteiger partial charge in [0.15, 0.2) is 5.96 Å². The Morgan fingerprint density at radius 2 is 2.19 bits per heavy atom. The predicted octanol–water partition coefficient (Wildman–Crippen LogP) is 4.39. The fraction of sp³-hybridized carbons (Fsp3) is 0.556. The van der Waals surface area contributed by atoms with Crippen molar-refractivity contribution in [1.82, 2.24) is 15.2 Å². The van der Waals surface area contributed by atoms with Gasteiger partial charge >= 0.3 is 0 Å². The molecule has 144 valence electrons. The Kier molecular flexibility index (Phi) is 8.86. The zero-order valence-electron chi connectivity index (χ0n) is 15.2. The molecule has 1 aromatic heterocycles. The van der Waals surface area contributed by atoms with Crippen LogP contribution in [0, 0.1) is 5.92 Å². The van der Waals surface area contributed by atoms with Crippen LogP contribution in [0.15, 0.2) is 23.2 Å². The van der Waals surface area contributed by atoms with Gasteiger partial charge in [0.25, 0.3) is 0 Å². The van der Waals surface area contributed by atoms with Gasteiger partial charge in [-0.1, -0.05) is 11.6 Å². The van der Waals surface area contributed by atoms with Crippen LogP contribution in [-0.4, -0.2) is 49.7 Å². The normalized spacial score (nSPS) is 15.7. The molecule has 0 spiro atoms. The number of thiazole rings is 1. The molecule has 8 heteroatoms. The molecule has 0 unspecified atom stereocenters. The van der Waals surface area contributed by atoms with E-state index >= 15 is 0 Å². The highest BCUT2D eigenvalue weighted by molar-refractivity contribution is 14.0. The van der Waals surface area contributed by atoms with Crippen molar-refractivity contribution >= 4 is 63.1 Å². The number of aromatic nitrogens is 1. The molecule has 1 fully saturated rings. The van der Waals surface area contributed by atoms with Crippen molar-refractivity contribution in [3.63, 3.8) is 0 Å². The SMILES string of the molecule is CN=C(NCc1nc2cc(Cl)ccc2s1)N(C)CCC1CCOCC1.I. The van der Waals surface area contributed by atoms with Crippen LogP contribution in [0.1, 0.15) is 24.3 Å². The van der Waals surface area contributed by atoms with Crippen molar-refractivity contribution in [1.29, 1.82) is 0 Å². The fourth-order valence-electron chi connectivity index (χ4n) is 3.08. The second-order valence-corrected chi connectivity index (χ2v) is 7.94. The van der Waals surface area contributed by atoms with E-state index in [1.165, 1.54) is 19.3 Å². The minimum Gasteiger partial charge on any atom is -0.381 e. The van der Waals surface area contributed by atoms with Crippen LogP contribution in [0.5, 0.6) is 0 Å². The molecule has 1 aliphatic rings. The average Bonchev–Trinajstić information content (AvgIpc) is 3.03. The first-order valence-electron chi connectivity index (χ1n) is 8.70. The minimum atomic E-state index is 0. The van der Waals surface area contributed by atoms with Gasteiger partial charge in [0.1, 0.15) is 5.01 Å². The molecule has 26 heavy (non-hydrogen) atoms. The van der Waals surface area contributed by atoms with Gasteiger partial charge in [-0.15, -0.1) is 35.3 Å². The third-order valence-corrected chi connectivity index (χ3v) is 5.85. The maximum atomic E-state index is 6.03. The lowest BCUT2D eigenvalue weighted by atomic mass is 9.96. The molecule has 0 aliphatic carbocycles. The number of halogens is 2. The number of benzene rings is 1. The Bertz CT molecular complexity index is 733. The summed E-state index contributed by atoms with van der Waals surface area (Å²) in [6.07, 6.45) is 3.53. The molecule has 2 aromatic rings. The zero-order chi connectivity index (χ0) is 17.6. The number of rotatable bonds is 5. The number of hydrogen-bond acceptors (Lipinski definition) is 4. The Labute approximate surface area is 181 Å². The first kappa shape index (κ1) is 21.7. The van der Waals surface area contributed by atoms with Crippen molar-refractivity contribution in [3.05, 3.63) is 28.2 Å². The number of fused-ring (bicyclic) bond motifs is 1. The van der Waals surface area contributed by atoms with Crippen molar-refractivity contribution in [2.24, 2.45) is 10.9 Å². The highest BCUT2D eigenvalue weighted by atomic mass is 127. The quantitative estimate of drug-likeness (QED) is 0.370. The number of ether oxygens (including phenoxy) is 1. The van der Waals surface area contributed by atoms with Crippen molar-refractivity contribution in [3.8, 4) is 0 Å². The first-order valence-corrected chi connectivity index (χ1v) is 9.89. The third-order valence-electron chi connectivity index (χ3n) is 4.58. The summed E-state index contributed by atoms with van der Waals surface area (Å²) in [5.41, 5.74) is 0.956. The average molecular weight is 509 g/mol. The maximum absolute atomic E-state index is 6.03. The lowest BCUT2D eigenvalue weighted by Gasteiger charge is -2.26. The van der Waals surface area contributed by atoms with Gasteiger partial charge in [-0.05, 0) is 43.4 Å². The monoisotopic (exact) mass is 508 g/mol. The van der Waals surface area contributed by atoms with E-state index < -0.39 is 0 Å². The molecule has 3 rings (SSSR count). The van der Waals surface area contributed by atoms with E-state index in [9.17, 15) is 0 Å². The molecule has 0 radical (unpaired) electrons. The highest BCUT2D eigenvalue weighted by Crippen LogP contribution is 2.25. The lowest BCUT2D eigenvalue weighted by Crippen LogP contribution is -2.39. The standard InChI is InChI=1S/C18H25ClN4OS.HI/c1-20-18(23(2)8-5-13-6-9-24-10-7-13)21-12-17-22-15-11-14(19)3-4-16(15)25-17;/h3-4,11,13H,5-10,12H2,1-2H3,(H,20,21);1H. The number of nitrogens with one attached hydrogen (secondary N) is 1. The van der Waals surface area contributed by atoms with Gasteiger partial charge in [-0.25, -0.2) is 4.98 Å². The first-order chi connectivity index (χ1) is 12.2. The van der Waals surface area contributed by atoms with Crippen molar-refractivity contribution < 1.29 is 4.74 Å². The van der Waals surface area contributed by atoms with Crippen LogP contribution in [0.25, 0.3) is 10.2 Å². The van der Waals surface area contributed by atoms with Gasteiger partial charge in [-0.2, -0.15) is 0 Å². The maximum Gasteiger partial charge on any atom is 0.193 e. The van der Waals surface area contributed by atoms with Crippen LogP contribution in [-0.2, 0) is 11.3 Å². The number of guanidine groups is 1. The Morgan fingerprint density at radius 3 is 2.92 bits per heavy atom. The second-order valence-electron chi connectivity index (χ2n) is 6.39. The molecule has 1 saturated heterocycles. The molecule has 0 atom stereocenters. The number of nitrogens with zero attached hydrogens (tertiary/aromatic N) is 3. The van der Waals surface area contributed by atoms with E-state index in [0.717, 1.165) is 51.9 Å². The summed E-state index contributed by atoms with van der Waals surface area (Å²) in [4.78, 5) is 11.2. The van der Waals surface area contributed by atoms with Gasteiger partial charge in [0.2, 0.25) is 0 Å². The third kappa shape index (κ3) is 5.94. The molecule has 2 heterocycles. The summed E-state index contributed by atoms with van der Waals surface area (Å²) >= 11 is 7.72. The molecule has 0 saturated carbocycles. The summed E-state index contributed by atoms with van der Waals surface area (Å²) in [6, 6.07) is 5.83. The summed E-state index contributed by atoms with van der Waals surface area (Å²) in [7, 11) is 3.91. The molecule has 1 aliphatic heterocycles.